The molecule has 0 radical (unpaired) electrons. The van der Waals surface area contributed by atoms with Crippen molar-refractivity contribution in [2.75, 3.05) is 6.54 Å². The first-order valence-electron chi connectivity index (χ1n) is 8.88. The molecule has 0 aliphatic heterocycles. The molecule has 0 aromatic heterocycles. The van der Waals surface area contributed by atoms with Crippen molar-refractivity contribution >= 4 is 5.91 Å². The summed E-state index contributed by atoms with van der Waals surface area (Å²) in [5.74, 6) is 0.396. The molecule has 3 N–H and O–H groups in total. The van der Waals surface area contributed by atoms with Crippen molar-refractivity contribution in [1.29, 1.82) is 0 Å². The van der Waals surface area contributed by atoms with Gasteiger partial charge in [0.15, 0.2) is 0 Å². The Hall–Kier alpha value is -0.610. The van der Waals surface area contributed by atoms with Crippen LogP contribution in [-0.4, -0.2) is 35.7 Å². The van der Waals surface area contributed by atoms with Crippen molar-refractivity contribution < 1.29 is 9.90 Å². The van der Waals surface area contributed by atoms with Crippen LogP contribution in [0.15, 0.2) is 0 Å². The lowest BCUT2D eigenvalue weighted by molar-refractivity contribution is -0.130. The van der Waals surface area contributed by atoms with Crippen LogP contribution in [0, 0.1) is 5.92 Å². The van der Waals surface area contributed by atoms with E-state index in [1.54, 1.807) is 0 Å². The van der Waals surface area contributed by atoms with Gasteiger partial charge in [-0.3, -0.25) is 4.79 Å². The lowest BCUT2D eigenvalue weighted by Gasteiger charge is -2.29. The average Bonchev–Trinajstić information content (AvgIpc) is 2.53. The minimum Gasteiger partial charge on any atom is -0.382 e. The molecule has 2 saturated carbocycles. The van der Waals surface area contributed by atoms with Gasteiger partial charge in [0.05, 0.1) is 0 Å². The van der Waals surface area contributed by atoms with E-state index in [-0.39, 0.29) is 11.9 Å². The maximum absolute atomic E-state index is 12.1. The van der Waals surface area contributed by atoms with Gasteiger partial charge in [-0.25, -0.2) is 0 Å². The molecule has 0 aromatic rings. The fourth-order valence-corrected chi connectivity index (χ4v) is 3.70. The summed E-state index contributed by atoms with van der Waals surface area (Å²) in [6.07, 6.45) is 11.6. The van der Waals surface area contributed by atoms with E-state index in [2.05, 4.69) is 10.6 Å². The molecule has 21 heavy (non-hydrogen) atoms. The molecule has 4 nitrogen and oxygen atoms in total. The second-order valence-corrected chi connectivity index (χ2v) is 6.98. The van der Waals surface area contributed by atoms with E-state index in [9.17, 15) is 9.90 Å². The number of amides is 1. The molecule has 0 saturated heterocycles. The molecule has 2 atom stereocenters. The summed E-state index contributed by atoms with van der Waals surface area (Å²) in [5.41, 5.74) is 0. The minimum absolute atomic E-state index is 0.167. The smallest absolute Gasteiger partial charge is 0.250 e. The summed E-state index contributed by atoms with van der Waals surface area (Å²) < 4.78 is 0. The molecule has 0 spiro atoms. The molecule has 0 heterocycles. The molecule has 2 rings (SSSR count). The van der Waals surface area contributed by atoms with Crippen molar-refractivity contribution in [1.82, 2.24) is 10.6 Å². The zero-order chi connectivity index (χ0) is 15.1. The van der Waals surface area contributed by atoms with Gasteiger partial charge in [0, 0.05) is 18.6 Å². The van der Waals surface area contributed by atoms with Crippen LogP contribution in [-0.2, 0) is 4.79 Å². The van der Waals surface area contributed by atoms with E-state index in [0.717, 1.165) is 6.54 Å². The Bertz CT molecular complexity index is 310. The monoisotopic (exact) mass is 296 g/mol. The van der Waals surface area contributed by atoms with Crippen molar-refractivity contribution in [2.24, 2.45) is 5.92 Å². The highest BCUT2D eigenvalue weighted by Crippen LogP contribution is 2.22. The second kappa shape index (κ2) is 8.74. The Morgan fingerprint density at radius 1 is 1.05 bits per heavy atom. The Morgan fingerprint density at radius 3 is 2.24 bits per heavy atom. The van der Waals surface area contributed by atoms with E-state index in [4.69, 9.17) is 0 Å². The van der Waals surface area contributed by atoms with Crippen LogP contribution < -0.4 is 10.6 Å². The molecule has 2 aliphatic rings. The third-order valence-electron chi connectivity index (χ3n) is 5.14. The number of hydrogen-bond donors (Lipinski definition) is 3. The van der Waals surface area contributed by atoms with Gasteiger partial charge in [-0.15, -0.1) is 0 Å². The maximum Gasteiger partial charge on any atom is 0.250 e. The number of carbonyl (C=O) groups excluding carboxylic acids is 1. The van der Waals surface area contributed by atoms with Gasteiger partial charge in [0.25, 0.3) is 0 Å². The van der Waals surface area contributed by atoms with Crippen LogP contribution in [0.25, 0.3) is 0 Å². The lowest BCUT2D eigenvalue weighted by atomic mass is 9.89. The summed E-state index contributed by atoms with van der Waals surface area (Å²) in [4.78, 5) is 12.1. The number of aliphatic hydroxyl groups is 1. The van der Waals surface area contributed by atoms with Crippen LogP contribution in [0.2, 0.25) is 0 Å². The first-order valence-corrected chi connectivity index (χ1v) is 8.88. The zero-order valence-corrected chi connectivity index (χ0v) is 13.4. The molecular formula is C17H32N2O2. The van der Waals surface area contributed by atoms with Crippen molar-refractivity contribution in [3.8, 4) is 0 Å². The molecular weight excluding hydrogens is 264 g/mol. The Balaban J connectivity index is 1.67. The number of aliphatic hydroxyl groups excluding tert-OH is 1. The quantitative estimate of drug-likeness (QED) is 0.705. The topological polar surface area (TPSA) is 61.4 Å². The summed E-state index contributed by atoms with van der Waals surface area (Å²) in [7, 11) is 0. The lowest BCUT2D eigenvalue weighted by Crippen LogP contribution is -2.51. The largest absolute Gasteiger partial charge is 0.382 e. The highest BCUT2D eigenvalue weighted by molar-refractivity contribution is 5.81. The van der Waals surface area contributed by atoms with Crippen LogP contribution in [0.5, 0.6) is 0 Å². The number of nitrogens with one attached hydrogen (secondary N) is 2. The van der Waals surface area contributed by atoms with E-state index < -0.39 is 6.10 Å². The average molecular weight is 296 g/mol. The second-order valence-electron chi connectivity index (χ2n) is 6.98. The third-order valence-corrected chi connectivity index (χ3v) is 5.14. The first kappa shape index (κ1) is 16.8. The first-order chi connectivity index (χ1) is 10.2. The third kappa shape index (κ3) is 5.59. The SMILES string of the molecule is CC(NC1CCCCC1)C(O)C(=O)NCC1CCCCC1. The standard InChI is InChI=1S/C17H32N2O2/c1-13(19-15-10-6-3-7-11-15)16(20)17(21)18-12-14-8-4-2-5-9-14/h13-16,19-20H,2-12H2,1H3,(H,18,21). The zero-order valence-electron chi connectivity index (χ0n) is 13.4. The van der Waals surface area contributed by atoms with Crippen LogP contribution in [0.4, 0.5) is 0 Å². The van der Waals surface area contributed by atoms with Gasteiger partial charge in [-0.1, -0.05) is 38.5 Å². The predicted molar refractivity (Wildman–Crippen MR) is 85.1 cm³/mol. The summed E-state index contributed by atoms with van der Waals surface area (Å²) in [5, 5.41) is 16.5. The van der Waals surface area contributed by atoms with Crippen LogP contribution in [0.3, 0.4) is 0 Å². The van der Waals surface area contributed by atoms with Crippen molar-refractivity contribution in [3.05, 3.63) is 0 Å². The van der Waals surface area contributed by atoms with E-state index >= 15 is 0 Å². The fraction of sp³-hybridized carbons (Fsp3) is 0.941. The summed E-state index contributed by atoms with van der Waals surface area (Å²) in [6.45, 7) is 2.64. The summed E-state index contributed by atoms with van der Waals surface area (Å²) in [6, 6.07) is 0.300. The summed E-state index contributed by atoms with van der Waals surface area (Å²) >= 11 is 0. The van der Waals surface area contributed by atoms with Crippen molar-refractivity contribution in [3.63, 3.8) is 0 Å². The molecule has 2 aliphatic carbocycles. The molecule has 2 fully saturated rings. The van der Waals surface area contributed by atoms with Gasteiger partial charge in [-0.2, -0.15) is 0 Å². The highest BCUT2D eigenvalue weighted by Gasteiger charge is 2.26. The van der Waals surface area contributed by atoms with Crippen LogP contribution >= 0.6 is 0 Å². The fourth-order valence-electron chi connectivity index (χ4n) is 3.70. The molecule has 2 unspecified atom stereocenters. The van der Waals surface area contributed by atoms with E-state index in [1.165, 1.54) is 64.2 Å². The molecule has 1 amide bonds. The molecule has 0 aromatic carbocycles. The number of carbonyl (C=O) groups is 1. The number of rotatable bonds is 6. The predicted octanol–water partition coefficient (Wildman–Crippen LogP) is 2.35. The van der Waals surface area contributed by atoms with E-state index in [1.807, 2.05) is 6.92 Å². The maximum atomic E-state index is 12.1. The highest BCUT2D eigenvalue weighted by atomic mass is 16.3. The van der Waals surface area contributed by atoms with Gasteiger partial charge < -0.3 is 15.7 Å². The van der Waals surface area contributed by atoms with Gasteiger partial charge in [0.1, 0.15) is 6.10 Å². The van der Waals surface area contributed by atoms with Crippen LogP contribution in [0.1, 0.15) is 71.1 Å². The Kier molecular flexibility index (Phi) is 6.97. The normalized spacial score (nSPS) is 24.5. The van der Waals surface area contributed by atoms with E-state index in [0.29, 0.717) is 12.0 Å². The number of hydrogen-bond acceptors (Lipinski definition) is 3. The van der Waals surface area contributed by atoms with Gasteiger partial charge in [0.2, 0.25) is 5.91 Å². The Labute approximate surface area is 129 Å². The minimum atomic E-state index is -0.935. The molecule has 122 valence electrons. The Morgan fingerprint density at radius 2 is 1.62 bits per heavy atom. The van der Waals surface area contributed by atoms with Crippen molar-refractivity contribution in [2.45, 2.75) is 89.3 Å². The molecule has 0 bridgehead atoms. The van der Waals surface area contributed by atoms with Gasteiger partial charge in [-0.05, 0) is 38.5 Å². The molecule has 4 heteroatoms. The van der Waals surface area contributed by atoms with Gasteiger partial charge >= 0.3 is 0 Å².